The Hall–Kier alpha value is -2.80. The SMILES string of the molecule is CC12CCC(=O)N1C(C(=O)NC(C(=O)Nc1ccccc1)c1ccccc1)CS2. The van der Waals surface area contributed by atoms with Crippen molar-refractivity contribution in [1.82, 2.24) is 10.2 Å². The molecule has 2 aliphatic heterocycles. The summed E-state index contributed by atoms with van der Waals surface area (Å²) in [5, 5.41) is 5.75. The predicted octanol–water partition coefficient (Wildman–Crippen LogP) is 2.94. The summed E-state index contributed by atoms with van der Waals surface area (Å²) in [4.78, 5) is 39.9. The molecule has 0 saturated carbocycles. The Labute approximate surface area is 174 Å². The van der Waals surface area contributed by atoms with E-state index in [2.05, 4.69) is 10.6 Å². The van der Waals surface area contributed by atoms with Crippen molar-refractivity contribution < 1.29 is 14.4 Å². The lowest BCUT2D eigenvalue weighted by atomic mass is 10.1. The molecular formula is C22H23N3O3S. The summed E-state index contributed by atoms with van der Waals surface area (Å²) in [5.74, 6) is -0.0799. The largest absolute Gasteiger partial charge is 0.339 e. The molecule has 6 nitrogen and oxygen atoms in total. The third kappa shape index (κ3) is 3.87. The molecule has 2 aromatic carbocycles. The van der Waals surface area contributed by atoms with Crippen molar-refractivity contribution in [2.75, 3.05) is 11.1 Å². The summed E-state index contributed by atoms with van der Waals surface area (Å²) in [5.41, 5.74) is 1.35. The molecule has 2 saturated heterocycles. The number of nitrogens with zero attached hydrogens (tertiary/aromatic N) is 1. The summed E-state index contributed by atoms with van der Waals surface area (Å²) in [6.07, 6.45) is 1.21. The highest BCUT2D eigenvalue weighted by Crippen LogP contribution is 2.47. The van der Waals surface area contributed by atoms with Crippen LogP contribution in [0.3, 0.4) is 0 Å². The monoisotopic (exact) mass is 409 g/mol. The maximum absolute atomic E-state index is 13.1. The topological polar surface area (TPSA) is 78.5 Å². The zero-order chi connectivity index (χ0) is 20.4. The molecule has 29 heavy (non-hydrogen) atoms. The molecule has 2 N–H and O–H groups in total. The smallest absolute Gasteiger partial charge is 0.251 e. The van der Waals surface area contributed by atoms with Crippen LogP contribution in [-0.4, -0.2) is 39.3 Å². The summed E-state index contributed by atoms with van der Waals surface area (Å²) >= 11 is 1.63. The van der Waals surface area contributed by atoms with E-state index in [-0.39, 0.29) is 22.6 Å². The average Bonchev–Trinajstić information content (AvgIpc) is 3.23. The molecule has 0 spiro atoms. The number of hydrogen-bond donors (Lipinski definition) is 2. The van der Waals surface area contributed by atoms with E-state index in [1.165, 1.54) is 0 Å². The fourth-order valence-electron chi connectivity index (χ4n) is 3.93. The molecule has 4 rings (SSSR count). The number of thioether (sulfide) groups is 1. The number of hydrogen-bond acceptors (Lipinski definition) is 4. The minimum Gasteiger partial charge on any atom is -0.339 e. The van der Waals surface area contributed by atoms with Gasteiger partial charge in [-0.15, -0.1) is 11.8 Å². The first-order chi connectivity index (χ1) is 14.0. The van der Waals surface area contributed by atoms with Crippen LogP contribution < -0.4 is 10.6 Å². The van der Waals surface area contributed by atoms with Crippen LogP contribution in [0.2, 0.25) is 0 Å². The van der Waals surface area contributed by atoms with E-state index < -0.39 is 12.1 Å². The van der Waals surface area contributed by atoms with E-state index in [9.17, 15) is 14.4 Å². The van der Waals surface area contributed by atoms with Crippen molar-refractivity contribution in [2.24, 2.45) is 0 Å². The molecule has 2 aliphatic rings. The molecule has 2 fully saturated rings. The van der Waals surface area contributed by atoms with E-state index in [4.69, 9.17) is 0 Å². The number of benzene rings is 2. The first-order valence-corrected chi connectivity index (χ1v) is 10.6. The lowest BCUT2D eigenvalue weighted by molar-refractivity contribution is -0.138. The molecule has 2 heterocycles. The third-order valence-electron chi connectivity index (χ3n) is 5.47. The molecule has 0 aromatic heterocycles. The summed E-state index contributed by atoms with van der Waals surface area (Å²) in [6.45, 7) is 2.01. The standard InChI is InChI=1S/C22H23N3O3S/c1-22-13-12-18(26)25(22)17(14-29-22)20(27)24-19(15-8-4-2-5-9-15)21(28)23-16-10-6-3-7-11-16/h2-11,17,19H,12-14H2,1H3,(H,23,28)(H,24,27). The van der Waals surface area contributed by atoms with Crippen molar-refractivity contribution >= 4 is 35.2 Å². The highest BCUT2D eigenvalue weighted by atomic mass is 32.2. The van der Waals surface area contributed by atoms with Gasteiger partial charge in [-0.25, -0.2) is 0 Å². The zero-order valence-electron chi connectivity index (χ0n) is 16.1. The van der Waals surface area contributed by atoms with Gasteiger partial charge in [0, 0.05) is 17.9 Å². The van der Waals surface area contributed by atoms with Gasteiger partial charge in [0.05, 0.1) is 4.87 Å². The summed E-state index contributed by atoms with van der Waals surface area (Å²) in [6, 6.07) is 16.9. The van der Waals surface area contributed by atoms with Gasteiger partial charge in [-0.1, -0.05) is 48.5 Å². The third-order valence-corrected chi connectivity index (χ3v) is 6.98. The van der Waals surface area contributed by atoms with Gasteiger partial charge < -0.3 is 15.5 Å². The van der Waals surface area contributed by atoms with Crippen LogP contribution in [0.15, 0.2) is 60.7 Å². The van der Waals surface area contributed by atoms with E-state index in [0.29, 0.717) is 23.4 Å². The van der Waals surface area contributed by atoms with E-state index in [1.807, 2.05) is 55.5 Å². The van der Waals surface area contributed by atoms with Gasteiger partial charge in [-0.05, 0) is 31.0 Å². The maximum Gasteiger partial charge on any atom is 0.251 e. The molecule has 7 heteroatoms. The Balaban J connectivity index is 1.55. The number of carbonyl (C=O) groups is 3. The Bertz CT molecular complexity index is 921. The molecule has 3 atom stereocenters. The number of nitrogens with one attached hydrogen (secondary N) is 2. The molecule has 3 amide bonds. The van der Waals surface area contributed by atoms with Crippen LogP contribution in [0.25, 0.3) is 0 Å². The first kappa shape index (κ1) is 19.5. The minimum absolute atomic E-state index is 0.00245. The normalized spacial score (nSPS) is 24.1. The fourth-order valence-corrected chi connectivity index (χ4v) is 5.37. The van der Waals surface area contributed by atoms with E-state index in [1.54, 1.807) is 28.8 Å². The van der Waals surface area contributed by atoms with Crippen molar-refractivity contribution in [3.8, 4) is 0 Å². The highest BCUT2D eigenvalue weighted by Gasteiger charge is 2.53. The van der Waals surface area contributed by atoms with E-state index >= 15 is 0 Å². The van der Waals surface area contributed by atoms with Crippen molar-refractivity contribution in [2.45, 2.75) is 36.7 Å². The Morgan fingerprint density at radius 2 is 1.76 bits per heavy atom. The maximum atomic E-state index is 13.1. The molecule has 0 aliphatic carbocycles. The average molecular weight is 410 g/mol. The highest BCUT2D eigenvalue weighted by molar-refractivity contribution is 8.01. The lowest BCUT2D eigenvalue weighted by Gasteiger charge is -2.30. The molecular weight excluding hydrogens is 386 g/mol. The molecule has 150 valence electrons. The quantitative estimate of drug-likeness (QED) is 0.796. The fraction of sp³-hybridized carbons (Fsp3) is 0.318. The Kier molecular flexibility index (Phi) is 5.32. The van der Waals surface area contributed by atoms with Crippen LogP contribution in [0.5, 0.6) is 0 Å². The van der Waals surface area contributed by atoms with Crippen molar-refractivity contribution in [3.05, 3.63) is 66.2 Å². The Morgan fingerprint density at radius 3 is 2.45 bits per heavy atom. The second-order valence-corrected chi connectivity index (χ2v) is 8.97. The molecule has 0 bridgehead atoms. The molecule has 2 aromatic rings. The van der Waals surface area contributed by atoms with Gasteiger partial charge >= 0.3 is 0 Å². The first-order valence-electron chi connectivity index (χ1n) is 9.65. The minimum atomic E-state index is -0.849. The number of anilines is 1. The van der Waals surface area contributed by atoms with Crippen molar-refractivity contribution in [3.63, 3.8) is 0 Å². The van der Waals surface area contributed by atoms with Crippen LogP contribution >= 0.6 is 11.8 Å². The van der Waals surface area contributed by atoms with E-state index in [0.717, 1.165) is 6.42 Å². The molecule has 3 unspecified atom stereocenters. The van der Waals surface area contributed by atoms with Gasteiger partial charge in [0.1, 0.15) is 12.1 Å². The van der Waals surface area contributed by atoms with Crippen LogP contribution in [0, 0.1) is 0 Å². The van der Waals surface area contributed by atoms with Crippen LogP contribution in [0.4, 0.5) is 5.69 Å². The summed E-state index contributed by atoms with van der Waals surface area (Å²) < 4.78 is 0. The number of para-hydroxylation sites is 1. The number of carbonyl (C=O) groups excluding carboxylic acids is 3. The number of amides is 3. The van der Waals surface area contributed by atoms with Gasteiger partial charge in [-0.3, -0.25) is 14.4 Å². The van der Waals surface area contributed by atoms with Crippen LogP contribution in [0.1, 0.15) is 31.4 Å². The van der Waals surface area contributed by atoms with Crippen molar-refractivity contribution in [1.29, 1.82) is 0 Å². The van der Waals surface area contributed by atoms with Gasteiger partial charge in [0.25, 0.3) is 5.91 Å². The predicted molar refractivity (Wildman–Crippen MR) is 113 cm³/mol. The number of rotatable bonds is 5. The van der Waals surface area contributed by atoms with Gasteiger partial charge in [0.15, 0.2) is 0 Å². The molecule has 0 radical (unpaired) electrons. The Morgan fingerprint density at radius 1 is 1.10 bits per heavy atom. The number of fused-ring (bicyclic) bond motifs is 1. The second kappa shape index (κ2) is 7.91. The zero-order valence-corrected chi connectivity index (χ0v) is 16.9. The van der Waals surface area contributed by atoms with Gasteiger partial charge in [0.2, 0.25) is 11.8 Å². The summed E-state index contributed by atoms with van der Waals surface area (Å²) in [7, 11) is 0. The van der Waals surface area contributed by atoms with Crippen LogP contribution in [-0.2, 0) is 14.4 Å². The lowest BCUT2D eigenvalue weighted by Crippen LogP contribution is -2.51. The second-order valence-electron chi connectivity index (χ2n) is 7.47. The van der Waals surface area contributed by atoms with Gasteiger partial charge in [-0.2, -0.15) is 0 Å².